The first-order valence-corrected chi connectivity index (χ1v) is 16.5. The summed E-state index contributed by atoms with van der Waals surface area (Å²) >= 11 is 10.9. The zero-order valence-corrected chi connectivity index (χ0v) is 23.4. The molecule has 0 aromatic heterocycles. The molecule has 0 saturated carbocycles. The Hall–Kier alpha value is 0.140. The van der Waals surface area contributed by atoms with Crippen molar-refractivity contribution in [3.05, 3.63) is 59.7 Å². The van der Waals surface area contributed by atoms with E-state index in [9.17, 15) is 9.59 Å². The Kier molecular flexibility index (Phi) is 11.1. The van der Waals surface area contributed by atoms with Crippen LogP contribution in [0.1, 0.15) is 25.0 Å². The maximum atomic E-state index is 11.8. The van der Waals surface area contributed by atoms with Crippen LogP contribution in [0, 0.1) is 0 Å². The summed E-state index contributed by atoms with van der Waals surface area (Å²) in [5.74, 6) is 4.02. The van der Waals surface area contributed by atoms with Crippen molar-refractivity contribution in [2.24, 2.45) is 0 Å². The molecule has 0 N–H and O–H groups in total. The van der Waals surface area contributed by atoms with E-state index in [1.54, 1.807) is 13.8 Å². The van der Waals surface area contributed by atoms with Crippen LogP contribution in [0.5, 0.6) is 0 Å². The highest BCUT2D eigenvalue weighted by Crippen LogP contribution is 2.42. The topological polar surface area (TPSA) is 34.1 Å². The zero-order valence-electron chi connectivity index (χ0n) is 18.5. The van der Waals surface area contributed by atoms with Crippen molar-refractivity contribution in [1.82, 2.24) is 0 Å². The summed E-state index contributed by atoms with van der Waals surface area (Å²) < 4.78 is 1.15. The molecule has 174 valence electrons. The summed E-state index contributed by atoms with van der Waals surface area (Å²) in [6, 6.07) is 9.14. The number of hydrogen-bond acceptors (Lipinski definition) is 8. The summed E-state index contributed by atoms with van der Waals surface area (Å²) in [5.41, 5.74) is 4.07. The van der Waals surface area contributed by atoms with Gasteiger partial charge in [0.05, 0.1) is 9.16 Å². The Labute approximate surface area is 218 Å². The van der Waals surface area contributed by atoms with Crippen molar-refractivity contribution in [2.45, 2.75) is 46.4 Å². The van der Waals surface area contributed by atoms with E-state index in [-0.39, 0.29) is 10.2 Å². The quantitative estimate of drug-likeness (QED) is 0.299. The van der Waals surface area contributed by atoms with Crippen LogP contribution < -0.4 is 0 Å². The van der Waals surface area contributed by atoms with E-state index >= 15 is 0 Å². The van der Waals surface area contributed by atoms with Crippen LogP contribution in [0.15, 0.2) is 48.6 Å². The first kappa shape index (κ1) is 26.7. The SMILES string of the molecule is C=C(C)C(=O)SCC1CSC(Cc2ccc(CC3SCC(CSC(=O)C(=C)C)S3)cc2)S1. The fraction of sp³-hybridized carbons (Fsp3) is 0.500. The van der Waals surface area contributed by atoms with Crippen LogP contribution in [0.25, 0.3) is 0 Å². The second kappa shape index (κ2) is 13.3. The second-order valence-corrected chi connectivity index (χ2v) is 16.1. The van der Waals surface area contributed by atoms with E-state index in [0.29, 0.717) is 30.8 Å². The molecule has 2 aliphatic heterocycles. The van der Waals surface area contributed by atoms with Gasteiger partial charge in [-0.05, 0) is 49.0 Å². The first-order valence-electron chi connectivity index (χ1n) is 10.6. The highest BCUT2D eigenvalue weighted by Gasteiger charge is 2.28. The van der Waals surface area contributed by atoms with Gasteiger partial charge >= 0.3 is 0 Å². The van der Waals surface area contributed by atoms with Gasteiger partial charge in [0, 0.05) is 33.5 Å². The van der Waals surface area contributed by atoms with E-state index in [1.807, 2.05) is 47.0 Å². The van der Waals surface area contributed by atoms with Crippen molar-refractivity contribution in [3.8, 4) is 0 Å². The van der Waals surface area contributed by atoms with Crippen LogP contribution in [0.2, 0.25) is 0 Å². The highest BCUT2D eigenvalue weighted by molar-refractivity contribution is 8.22. The fourth-order valence-corrected chi connectivity index (χ4v) is 12.2. The predicted octanol–water partition coefficient (Wildman–Crippen LogP) is 6.79. The van der Waals surface area contributed by atoms with Gasteiger partial charge in [0.1, 0.15) is 0 Å². The first-order chi connectivity index (χ1) is 15.3. The fourth-order valence-electron chi connectivity index (χ4n) is 3.18. The molecule has 2 fully saturated rings. The van der Waals surface area contributed by atoms with Crippen molar-refractivity contribution in [1.29, 1.82) is 0 Å². The van der Waals surface area contributed by atoms with E-state index in [4.69, 9.17) is 0 Å². The van der Waals surface area contributed by atoms with Crippen LogP contribution >= 0.6 is 70.6 Å². The maximum absolute atomic E-state index is 11.8. The lowest BCUT2D eigenvalue weighted by Gasteiger charge is -2.12. The molecule has 32 heavy (non-hydrogen) atoms. The van der Waals surface area contributed by atoms with E-state index in [0.717, 1.165) is 35.9 Å². The average Bonchev–Trinajstić information content (AvgIpc) is 3.40. The molecule has 3 rings (SSSR count). The largest absolute Gasteiger partial charge is 0.282 e. The Bertz CT molecular complexity index is 768. The van der Waals surface area contributed by atoms with Crippen molar-refractivity contribution < 1.29 is 9.59 Å². The van der Waals surface area contributed by atoms with Crippen LogP contribution in [0.3, 0.4) is 0 Å². The number of benzene rings is 1. The number of hydrogen-bond donors (Lipinski definition) is 0. The van der Waals surface area contributed by atoms with Gasteiger partial charge < -0.3 is 0 Å². The van der Waals surface area contributed by atoms with Crippen LogP contribution in [-0.4, -0.2) is 52.9 Å². The van der Waals surface area contributed by atoms with Crippen molar-refractivity contribution >= 4 is 80.8 Å². The summed E-state index contributed by atoms with van der Waals surface area (Å²) in [7, 11) is 0. The minimum Gasteiger partial charge on any atom is -0.282 e. The Balaban J connectivity index is 1.37. The third-order valence-electron chi connectivity index (χ3n) is 4.95. The molecule has 8 heteroatoms. The predicted molar refractivity (Wildman–Crippen MR) is 154 cm³/mol. The lowest BCUT2D eigenvalue weighted by atomic mass is 10.1. The minimum absolute atomic E-state index is 0.124. The number of carbonyl (C=O) groups is 2. The normalized spacial score (nSPS) is 25.1. The molecule has 0 spiro atoms. The van der Waals surface area contributed by atoms with Gasteiger partial charge in [0.15, 0.2) is 0 Å². The Morgan fingerprint density at radius 1 is 0.812 bits per heavy atom. The lowest BCUT2D eigenvalue weighted by molar-refractivity contribution is -0.108. The smallest absolute Gasteiger partial charge is 0.214 e. The summed E-state index contributed by atoms with van der Waals surface area (Å²) in [5, 5.41) is 1.34. The van der Waals surface area contributed by atoms with Crippen LogP contribution in [0.4, 0.5) is 0 Å². The maximum Gasteiger partial charge on any atom is 0.214 e. The van der Waals surface area contributed by atoms with Gasteiger partial charge in [0.25, 0.3) is 0 Å². The molecule has 2 nitrogen and oxygen atoms in total. The molecule has 1 aromatic rings. The molecule has 1 aromatic carbocycles. The molecule has 0 radical (unpaired) electrons. The molecule has 4 atom stereocenters. The molecule has 2 heterocycles. The monoisotopic (exact) mass is 542 g/mol. The van der Waals surface area contributed by atoms with Crippen LogP contribution in [-0.2, 0) is 22.4 Å². The molecule has 0 aliphatic carbocycles. The van der Waals surface area contributed by atoms with Crippen molar-refractivity contribution in [2.75, 3.05) is 23.0 Å². The average molecular weight is 543 g/mol. The van der Waals surface area contributed by atoms with Gasteiger partial charge in [-0.2, -0.15) is 0 Å². The third kappa shape index (κ3) is 8.73. The lowest BCUT2D eigenvalue weighted by Crippen LogP contribution is -2.08. The molecule has 2 saturated heterocycles. The van der Waals surface area contributed by atoms with Gasteiger partial charge in [0.2, 0.25) is 10.2 Å². The molecular weight excluding hydrogens is 513 g/mol. The van der Waals surface area contributed by atoms with Crippen molar-refractivity contribution in [3.63, 3.8) is 0 Å². The molecule has 0 amide bonds. The summed E-state index contributed by atoms with van der Waals surface area (Å²) in [6.45, 7) is 11.0. The van der Waals surface area contributed by atoms with E-state index in [1.165, 1.54) is 34.7 Å². The molecule has 4 unspecified atom stereocenters. The minimum atomic E-state index is 0.124. The van der Waals surface area contributed by atoms with Gasteiger partial charge in [-0.3, -0.25) is 9.59 Å². The third-order valence-corrected chi connectivity index (χ3v) is 14.3. The van der Waals surface area contributed by atoms with E-state index < -0.39 is 0 Å². The molecule has 0 bridgehead atoms. The highest BCUT2D eigenvalue weighted by atomic mass is 32.2. The molecular formula is C24H30O2S6. The number of rotatable bonds is 10. The zero-order chi connectivity index (χ0) is 23.1. The number of thioether (sulfide) groups is 6. The summed E-state index contributed by atoms with van der Waals surface area (Å²) in [6.07, 6.45) is 2.16. The number of carbonyl (C=O) groups excluding carboxylic acids is 2. The second-order valence-electron chi connectivity index (χ2n) is 8.02. The summed E-state index contributed by atoms with van der Waals surface area (Å²) in [4.78, 5) is 23.5. The van der Waals surface area contributed by atoms with Gasteiger partial charge in [-0.15, -0.1) is 47.0 Å². The van der Waals surface area contributed by atoms with Gasteiger partial charge in [-0.25, -0.2) is 0 Å². The van der Waals surface area contributed by atoms with Gasteiger partial charge in [-0.1, -0.05) is 60.9 Å². The standard InChI is InChI=1S/C24H30O2S6/c1-15(2)23(25)29-13-19-11-27-21(31-19)9-17-5-7-18(8-6-17)10-22-28-12-20(32-22)14-30-24(26)16(3)4/h5-8,19-22H,1,3,9-14H2,2,4H3. The molecule has 2 aliphatic rings. The Morgan fingerprint density at radius 3 is 1.53 bits per heavy atom. The Morgan fingerprint density at radius 2 is 1.19 bits per heavy atom. The van der Waals surface area contributed by atoms with E-state index in [2.05, 4.69) is 37.4 Å².